The molecule has 2 unspecified atom stereocenters. The summed E-state index contributed by atoms with van der Waals surface area (Å²) in [7, 11) is 0. The summed E-state index contributed by atoms with van der Waals surface area (Å²) in [6, 6.07) is 10.5. The van der Waals surface area contributed by atoms with Crippen LogP contribution in [0.3, 0.4) is 0 Å². The quantitative estimate of drug-likeness (QED) is 0.643. The lowest BCUT2D eigenvalue weighted by molar-refractivity contribution is 0.599. The minimum atomic E-state index is 0.406. The number of aromatic nitrogens is 5. The molecule has 0 amide bonds. The zero-order valence-electron chi connectivity index (χ0n) is 15.6. The molecule has 1 aromatic carbocycles. The molecule has 5 rings (SSSR count). The second-order valence-electron chi connectivity index (χ2n) is 7.23. The van der Waals surface area contributed by atoms with Crippen molar-refractivity contribution in [3.05, 3.63) is 52.1 Å². The summed E-state index contributed by atoms with van der Waals surface area (Å²) >= 11 is 12.5. The highest BCUT2D eigenvalue weighted by atomic mass is 35.5. The van der Waals surface area contributed by atoms with Crippen LogP contribution in [0.1, 0.15) is 18.4 Å². The van der Waals surface area contributed by atoms with Gasteiger partial charge in [-0.2, -0.15) is 4.68 Å². The standard InChI is InChI=1S/C19H20Cl2N8/c20-13-4-1-5-16(17(13)21)29-19(25-26-27-29)24-11-12-3-2-8-23-18(12)28-10-7-14-15(28)6-9-22-14/h1-5,8,14-15,22H,6-7,9-11H2,(H,24,25,27). The van der Waals surface area contributed by atoms with Crippen LogP contribution < -0.4 is 15.5 Å². The average Bonchev–Trinajstić information content (AvgIpc) is 3.46. The van der Waals surface area contributed by atoms with Gasteiger partial charge in [0.2, 0.25) is 5.95 Å². The smallest absolute Gasteiger partial charge is 0.248 e. The van der Waals surface area contributed by atoms with Gasteiger partial charge < -0.3 is 15.5 Å². The first-order chi connectivity index (χ1) is 14.2. The van der Waals surface area contributed by atoms with Crippen LogP contribution in [-0.2, 0) is 6.54 Å². The average molecular weight is 431 g/mol. The van der Waals surface area contributed by atoms with E-state index in [2.05, 4.69) is 42.1 Å². The molecule has 2 N–H and O–H groups in total. The number of rotatable bonds is 5. The maximum atomic E-state index is 6.34. The number of benzene rings is 1. The number of nitrogens with one attached hydrogen (secondary N) is 2. The molecule has 2 atom stereocenters. The molecule has 0 aliphatic carbocycles. The third kappa shape index (κ3) is 3.41. The molecular weight excluding hydrogens is 411 g/mol. The molecule has 2 fully saturated rings. The van der Waals surface area contributed by atoms with Crippen LogP contribution in [-0.4, -0.2) is 50.4 Å². The first-order valence-electron chi connectivity index (χ1n) is 9.63. The van der Waals surface area contributed by atoms with Gasteiger partial charge in [-0.15, -0.1) is 0 Å². The lowest BCUT2D eigenvalue weighted by Crippen LogP contribution is -2.35. The maximum Gasteiger partial charge on any atom is 0.248 e. The van der Waals surface area contributed by atoms with Crippen LogP contribution in [0.5, 0.6) is 0 Å². The van der Waals surface area contributed by atoms with Crippen LogP contribution in [0.25, 0.3) is 5.69 Å². The van der Waals surface area contributed by atoms with Crippen molar-refractivity contribution in [2.75, 3.05) is 23.3 Å². The van der Waals surface area contributed by atoms with Crippen LogP contribution in [0.15, 0.2) is 36.5 Å². The number of pyridine rings is 1. The Morgan fingerprint density at radius 2 is 2.10 bits per heavy atom. The fraction of sp³-hybridized carbons (Fsp3) is 0.368. The number of hydrogen-bond acceptors (Lipinski definition) is 7. The molecule has 0 saturated carbocycles. The van der Waals surface area contributed by atoms with Crippen LogP contribution in [0, 0.1) is 0 Å². The van der Waals surface area contributed by atoms with Gasteiger partial charge in [0.1, 0.15) is 5.82 Å². The monoisotopic (exact) mass is 430 g/mol. The minimum absolute atomic E-state index is 0.406. The molecule has 3 aromatic rings. The second kappa shape index (κ2) is 7.78. The van der Waals surface area contributed by atoms with Crippen LogP contribution in [0.2, 0.25) is 10.0 Å². The van der Waals surface area contributed by atoms with Gasteiger partial charge in [-0.3, -0.25) is 0 Å². The third-order valence-electron chi connectivity index (χ3n) is 5.60. The number of anilines is 2. The Morgan fingerprint density at radius 1 is 1.17 bits per heavy atom. The van der Waals surface area contributed by atoms with E-state index in [1.165, 1.54) is 0 Å². The molecule has 10 heteroatoms. The van der Waals surface area contributed by atoms with Gasteiger partial charge in [-0.1, -0.05) is 40.4 Å². The molecule has 2 aromatic heterocycles. The highest BCUT2D eigenvalue weighted by molar-refractivity contribution is 6.43. The van der Waals surface area contributed by atoms with Gasteiger partial charge in [-0.05, 0) is 48.0 Å². The van der Waals surface area contributed by atoms with Gasteiger partial charge in [-0.25, -0.2) is 4.98 Å². The molecule has 0 radical (unpaired) electrons. The number of fused-ring (bicyclic) bond motifs is 1. The maximum absolute atomic E-state index is 6.34. The fourth-order valence-electron chi connectivity index (χ4n) is 4.25. The molecule has 2 aliphatic heterocycles. The van der Waals surface area contributed by atoms with E-state index in [4.69, 9.17) is 23.2 Å². The van der Waals surface area contributed by atoms with Crippen molar-refractivity contribution in [2.24, 2.45) is 0 Å². The fourth-order valence-corrected chi connectivity index (χ4v) is 4.62. The number of tetrazole rings is 1. The molecule has 150 valence electrons. The predicted octanol–water partition coefficient (Wildman–Crippen LogP) is 2.92. The Balaban J connectivity index is 1.39. The first-order valence-corrected chi connectivity index (χ1v) is 10.4. The van der Waals surface area contributed by atoms with Crippen molar-refractivity contribution in [1.82, 2.24) is 30.5 Å². The minimum Gasteiger partial charge on any atom is -0.352 e. The Bertz CT molecular complexity index is 1020. The van der Waals surface area contributed by atoms with Gasteiger partial charge in [0.05, 0.1) is 15.7 Å². The Morgan fingerprint density at radius 3 is 3.03 bits per heavy atom. The van der Waals surface area contributed by atoms with Gasteiger partial charge >= 0.3 is 0 Å². The zero-order valence-corrected chi connectivity index (χ0v) is 17.1. The normalized spacial score (nSPS) is 20.8. The second-order valence-corrected chi connectivity index (χ2v) is 8.01. The van der Waals surface area contributed by atoms with Crippen molar-refractivity contribution in [2.45, 2.75) is 31.5 Å². The highest BCUT2D eigenvalue weighted by Gasteiger charge is 2.38. The van der Waals surface area contributed by atoms with Gasteiger partial charge in [0.25, 0.3) is 0 Å². The summed E-state index contributed by atoms with van der Waals surface area (Å²) in [6.07, 6.45) is 4.16. The SMILES string of the molecule is Clc1cccc(-n2nnnc2NCc2cccnc2N2CCC3NCCC32)c1Cl. The zero-order chi connectivity index (χ0) is 19.8. The van der Waals surface area contributed by atoms with Crippen LogP contribution in [0.4, 0.5) is 11.8 Å². The van der Waals surface area contributed by atoms with Crippen LogP contribution >= 0.6 is 23.2 Å². The molecule has 2 saturated heterocycles. The third-order valence-corrected chi connectivity index (χ3v) is 6.41. The summed E-state index contributed by atoms with van der Waals surface area (Å²) in [5.41, 5.74) is 1.73. The lowest BCUT2D eigenvalue weighted by atomic mass is 10.1. The molecule has 8 nitrogen and oxygen atoms in total. The largest absolute Gasteiger partial charge is 0.352 e. The van der Waals surface area contributed by atoms with E-state index in [0.29, 0.717) is 40.3 Å². The summed E-state index contributed by atoms with van der Waals surface area (Å²) in [4.78, 5) is 7.12. The van der Waals surface area contributed by atoms with Gasteiger partial charge in [0, 0.05) is 36.9 Å². The van der Waals surface area contributed by atoms with Gasteiger partial charge in [0.15, 0.2) is 0 Å². The number of hydrogen-bond donors (Lipinski definition) is 2. The van der Waals surface area contributed by atoms with E-state index in [0.717, 1.165) is 37.3 Å². The predicted molar refractivity (Wildman–Crippen MR) is 113 cm³/mol. The summed E-state index contributed by atoms with van der Waals surface area (Å²) < 4.78 is 1.55. The van der Waals surface area contributed by atoms with E-state index >= 15 is 0 Å². The van der Waals surface area contributed by atoms with Crippen molar-refractivity contribution >= 4 is 35.0 Å². The van der Waals surface area contributed by atoms with E-state index in [-0.39, 0.29) is 0 Å². The van der Waals surface area contributed by atoms with E-state index in [1.807, 2.05) is 24.4 Å². The van der Waals surface area contributed by atoms with Crippen molar-refractivity contribution in [3.8, 4) is 5.69 Å². The molecule has 0 spiro atoms. The first kappa shape index (κ1) is 18.6. The summed E-state index contributed by atoms with van der Waals surface area (Å²) in [5, 5.41) is 19.7. The van der Waals surface area contributed by atoms with E-state index in [1.54, 1.807) is 10.7 Å². The van der Waals surface area contributed by atoms with Crippen molar-refractivity contribution in [1.29, 1.82) is 0 Å². The summed E-state index contributed by atoms with van der Waals surface area (Å²) in [6.45, 7) is 2.63. The Kier molecular flexibility index (Phi) is 4.99. The number of nitrogens with zero attached hydrogens (tertiary/aromatic N) is 6. The molecule has 0 bridgehead atoms. The van der Waals surface area contributed by atoms with Crippen molar-refractivity contribution < 1.29 is 0 Å². The van der Waals surface area contributed by atoms with E-state index in [9.17, 15) is 0 Å². The topological polar surface area (TPSA) is 83.8 Å². The number of halogens is 2. The summed E-state index contributed by atoms with van der Waals surface area (Å²) in [5.74, 6) is 1.52. The molecule has 4 heterocycles. The van der Waals surface area contributed by atoms with Crippen molar-refractivity contribution in [3.63, 3.8) is 0 Å². The molecule has 2 aliphatic rings. The highest BCUT2D eigenvalue weighted by Crippen LogP contribution is 2.32. The lowest BCUT2D eigenvalue weighted by Gasteiger charge is -2.26. The van der Waals surface area contributed by atoms with E-state index < -0.39 is 0 Å². The Hall–Kier alpha value is -2.42. The molecular formula is C19H20Cl2N8. The molecule has 29 heavy (non-hydrogen) atoms. The Labute approximate surface area is 178 Å².